The molecule has 1 aliphatic rings. The Balaban J connectivity index is 1.40. The zero-order valence-electron chi connectivity index (χ0n) is 21.4. The van der Waals surface area contributed by atoms with Crippen molar-refractivity contribution in [3.05, 3.63) is 78.2 Å². The van der Waals surface area contributed by atoms with Gasteiger partial charge in [-0.05, 0) is 67.8 Å². The molecule has 1 fully saturated rings. The second-order valence-corrected chi connectivity index (χ2v) is 9.62. The summed E-state index contributed by atoms with van der Waals surface area (Å²) in [7, 11) is 5.70. The van der Waals surface area contributed by atoms with Crippen molar-refractivity contribution in [1.29, 1.82) is 0 Å². The number of nitrogens with one attached hydrogen (secondary N) is 1. The maximum Gasteiger partial charge on any atom is 0.321 e. The number of piperidine rings is 1. The number of hydrogen-bond acceptors (Lipinski definition) is 4. The van der Waals surface area contributed by atoms with Crippen molar-refractivity contribution in [2.75, 3.05) is 44.5 Å². The second kappa shape index (κ2) is 9.93. The molecule has 1 aliphatic heterocycles. The molecule has 1 saturated heterocycles. The number of hydrogen-bond donors (Lipinski definition) is 1. The number of pyridine rings is 1. The number of carbonyl (C=O) groups is 1. The third-order valence-electron chi connectivity index (χ3n) is 6.96. The minimum absolute atomic E-state index is 0.0608. The number of likely N-dealkylation sites (tertiary alicyclic amines) is 1. The SMILES string of the molecule is COc1cccc(-c2nc([C@@H]3CCCN(C(=O)Nc4ccc(N(C)C)cc4C)C3)n3ccccc23)c1. The Labute approximate surface area is 212 Å². The Bertz CT molecular complexity index is 1390. The second-order valence-electron chi connectivity index (χ2n) is 9.62. The third-order valence-corrected chi connectivity index (χ3v) is 6.96. The van der Waals surface area contributed by atoms with Crippen LogP contribution in [-0.4, -0.2) is 54.6 Å². The first-order valence-electron chi connectivity index (χ1n) is 12.4. The topological polar surface area (TPSA) is 62.1 Å². The smallest absolute Gasteiger partial charge is 0.321 e. The van der Waals surface area contributed by atoms with Gasteiger partial charge in [0.25, 0.3) is 0 Å². The number of benzene rings is 2. The molecular formula is C29H33N5O2. The normalized spacial score (nSPS) is 15.7. The summed E-state index contributed by atoms with van der Waals surface area (Å²) >= 11 is 0. The van der Waals surface area contributed by atoms with Crippen LogP contribution in [0.5, 0.6) is 5.75 Å². The fourth-order valence-corrected chi connectivity index (χ4v) is 4.97. The van der Waals surface area contributed by atoms with Gasteiger partial charge in [-0.1, -0.05) is 18.2 Å². The summed E-state index contributed by atoms with van der Waals surface area (Å²) in [6.45, 7) is 3.40. The van der Waals surface area contributed by atoms with Gasteiger partial charge in [0.05, 0.1) is 18.3 Å². The molecule has 0 radical (unpaired) electrons. The highest BCUT2D eigenvalue weighted by Crippen LogP contribution is 2.33. The number of urea groups is 1. The average Bonchev–Trinajstić information content (AvgIpc) is 3.29. The fourth-order valence-electron chi connectivity index (χ4n) is 4.97. The van der Waals surface area contributed by atoms with Crippen LogP contribution in [-0.2, 0) is 0 Å². The number of methoxy groups -OCH3 is 1. The molecule has 1 N–H and O–H groups in total. The maximum absolute atomic E-state index is 13.2. The van der Waals surface area contributed by atoms with E-state index in [1.165, 1.54) is 0 Å². The zero-order chi connectivity index (χ0) is 25.2. The van der Waals surface area contributed by atoms with E-state index in [1.54, 1.807) is 7.11 Å². The van der Waals surface area contributed by atoms with Crippen LogP contribution in [0, 0.1) is 6.92 Å². The van der Waals surface area contributed by atoms with Crippen molar-refractivity contribution >= 4 is 22.9 Å². The summed E-state index contributed by atoms with van der Waals surface area (Å²) in [5, 5.41) is 3.13. The number of aromatic nitrogens is 2. The molecule has 7 heteroatoms. The Hall–Kier alpha value is -4.00. The Morgan fingerprint density at radius 3 is 2.75 bits per heavy atom. The van der Waals surface area contributed by atoms with E-state index >= 15 is 0 Å². The van der Waals surface area contributed by atoms with Gasteiger partial charge >= 0.3 is 6.03 Å². The first kappa shape index (κ1) is 23.7. The van der Waals surface area contributed by atoms with E-state index in [-0.39, 0.29) is 11.9 Å². The van der Waals surface area contributed by atoms with E-state index in [2.05, 4.69) is 39.0 Å². The Morgan fingerprint density at radius 2 is 1.97 bits per heavy atom. The standard InChI is InChI=1S/C29H33N5O2/c1-20-17-23(32(2)3)13-14-25(20)30-29(35)33-15-8-10-22(19-33)28-31-27(26-12-5-6-16-34(26)28)21-9-7-11-24(18-21)36-4/h5-7,9,11-14,16-18,22H,8,10,15,19H2,1-4H3,(H,30,35)/t22-/m1/s1. The van der Waals surface area contributed by atoms with E-state index in [0.717, 1.165) is 64.7 Å². The molecule has 0 bridgehead atoms. The number of anilines is 2. The largest absolute Gasteiger partial charge is 0.497 e. The molecule has 0 saturated carbocycles. The molecule has 2 aromatic heterocycles. The molecule has 0 spiro atoms. The summed E-state index contributed by atoms with van der Waals surface area (Å²) in [5.74, 6) is 1.95. The quantitative estimate of drug-likeness (QED) is 0.390. The number of ether oxygens (including phenoxy) is 1. The van der Waals surface area contributed by atoms with E-state index < -0.39 is 0 Å². The number of nitrogens with zero attached hydrogens (tertiary/aromatic N) is 4. The van der Waals surface area contributed by atoms with Crippen molar-refractivity contribution < 1.29 is 9.53 Å². The number of carbonyl (C=O) groups excluding carboxylic acids is 1. The fraction of sp³-hybridized carbons (Fsp3) is 0.310. The minimum atomic E-state index is -0.0608. The van der Waals surface area contributed by atoms with E-state index in [4.69, 9.17) is 9.72 Å². The molecule has 2 amide bonds. The minimum Gasteiger partial charge on any atom is -0.497 e. The van der Waals surface area contributed by atoms with Gasteiger partial charge in [-0.25, -0.2) is 9.78 Å². The number of amides is 2. The summed E-state index contributed by atoms with van der Waals surface area (Å²) in [6, 6.07) is 20.2. The van der Waals surface area contributed by atoms with Crippen LogP contribution in [0.3, 0.4) is 0 Å². The lowest BCUT2D eigenvalue weighted by molar-refractivity contribution is 0.191. The lowest BCUT2D eigenvalue weighted by atomic mass is 9.97. The van der Waals surface area contributed by atoms with Gasteiger partial charge in [0.1, 0.15) is 11.6 Å². The molecule has 2 aromatic carbocycles. The van der Waals surface area contributed by atoms with Crippen LogP contribution in [0.1, 0.15) is 30.1 Å². The molecule has 0 aliphatic carbocycles. The van der Waals surface area contributed by atoms with Gasteiger partial charge in [0, 0.05) is 56.2 Å². The molecule has 3 heterocycles. The monoisotopic (exact) mass is 483 g/mol. The van der Waals surface area contributed by atoms with Crippen LogP contribution >= 0.6 is 0 Å². The van der Waals surface area contributed by atoms with Crippen LogP contribution in [0.4, 0.5) is 16.2 Å². The van der Waals surface area contributed by atoms with Gasteiger partial charge in [-0.3, -0.25) is 0 Å². The van der Waals surface area contributed by atoms with Crippen molar-refractivity contribution in [3.63, 3.8) is 0 Å². The summed E-state index contributed by atoms with van der Waals surface area (Å²) in [6.07, 6.45) is 3.99. The van der Waals surface area contributed by atoms with Crippen molar-refractivity contribution in [2.24, 2.45) is 0 Å². The van der Waals surface area contributed by atoms with Crippen molar-refractivity contribution in [3.8, 4) is 17.0 Å². The molecule has 5 rings (SSSR count). The van der Waals surface area contributed by atoms with E-state index in [0.29, 0.717) is 6.54 Å². The zero-order valence-corrected chi connectivity index (χ0v) is 21.4. The molecule has 0 unspecified atom stereocenters. The first-order chi connectivity index (χ1) is 17.4. The van der Waals surface area contributed by atoms with E-state index in [9.17, 15) is 4.79 Å². The molecule has 36 heavy (non-hydrogen) atoms. The predicted molar refractivity (Wildman–Crippen MR) is 145 cm³/mol. The summed E-state index contributed by atoms with van der Waals surface area (Å²) in [4.78, 5) is 22.3. The lowest BCUT2D eigenvalue weighted by Gasteiger charge is -2.32. The van der Waals surface area contributed by atoms with Crippen molar-refractivity contribution in [1.82, 2.24) is 14.3 Å². The molecule has 186 valence electrons. The van der Waals surface area contributed by atoms with Gasteiger partial charge in [-0.15, -0.1) is 0 Å². The highest BCUT2D eigenvalue weighted by atomic mass is 16.5. The maximum atomic E-state index is 13.2. The summed E-state index contributed by atoms with van der Waals surface area (Å²) < 4.78 is 7.61. The van der Waals surface area contributed by atoms with Gasteiger partial charge in [-0.2, -0.15) is 0 Å². The number of rotatable bonds is 5. The Kier molecular flexibility index (Phi) is 6.55. The van der Waals surface area contributed by atoms with Crippen LogP contribution < -0.4 is 15.0 Å². The van der Waals surface area contributed by atoms with Crippen molar-refractivity contribution in [2.45, 2.75) is 25.7 Å². The van der Waals surface area contributed by atoms with Gasteiger partial charge < -0.3 is 24.3 Å². The molecule has 7 nitrogen and oxygen atoms in total. The van der Waals surface area contributed by atoms with Crippen LogP contribution in [0.15, 0.2) is 66.9 Å². The van der Waals surface area contributed by atoms with Gasteiger partial charge in [0.15, 0.2) is 0 Å². The predicted octanol–water partition coefficient (Wildman–Crippen LogP) is 5.80. The number of imidazole rings is 1. The Morgan fingerprint density at radius 1 is 1.11 bits per heavy atom. The molecular weight excluding hydrogens is 450 g/mol. The number of fused-ring (bicyclic) bond motifs is 1. The average molecular weight is 484 g/mol. The molecule has 4 aromatic rings. The van der Waals surface area contributed by atoms with Gasteiger partial charge in [0.2, 0.25) is 0 Å². The third kappa shape index (κ3) is 4.61. The molecule has 1 atom stereocenters. The first-order valence-corrected chi connectivity index (χ1v) is 12.4. The lowest BCUT2D eigenvalue weighted by Crippen LogP contribution is -2.42. The van der Waals surface area contributed by atoms with E-state index in [1.807, 2.05) is 68.4 Å². The summed E-state index contributed by atoms with van der Waals surface area (Å²) in [5.41, 5.74) is 6.01. The number of aryl methyl sites for hydroxylation is 1. The van der Waals surface area contributed by atoms with Crippen LogP contribution in [0.25, 0.3) is 16.8 Å². The van der Waals surface area contributed by atoms with Crippen LogP contribution in [0.2, 0.25) is 0 Å². The highest BCUT2D eigenvalue weighted by molar-refractivity contribution is 5.90. The highest BCUT2D eigenvalue weighted by Gasteiger charge is 2.29.